The van der Waals surface area contributed by atoms with Crippen molar-refractivity contribution in [2.45, 2.75) is 26.2 Å². The van der Waals surface area contributed by atoms with E-state index in [1.165, 1.54) is 16.3 Å². The van der Waals surface area contributed by atoms with E-state index in [4.69, 9.17) is 0 Å². The molecule has 2 aliphatic rings. The first-order chi connectivity index (χ1) is 8.69. The second-order valence-electron chi connectivity index (χ2n) is 6.10. The molecule has 1 fully saturated rings. The van der Waals surface area contributed by atoms with Crippen LogP contribution in [0, 0.1) is 11.3 Å². The molecule has 2 atom stereocenters. The Morgan fingerprint density at radius 1 is 1.17 bits per heavy atom. The van der Waals surface area contributed by atoms with E-state index in [0.29, 0.717) is 5.78 Å². The highest BCUT2D eigenvalue weighted by molar-refractivity contribution is 6.11. The van der Waals surface area contributed by atoms with Crippen molar-refractivity contribution in [3.8, 4) is 0 Å². The van der Waals surface area contributed by atoms with Gasteiger partial charge in [0.1, 0.15) is 0 Å². The molecule has 0 amide bonds. The van der Waals surface area contributed by atoms with Crippen molar-refractivity contribution in [1.29, 1.82) is 0 Å². The van der Waals surface area contributed by atoms with Crippen LogP contribution in [-0.4, -0.2) is 5.78 Å². The molecule has 0 N–H and O–H groups in total. The van der Waals surface area contributed by atoms with Gasteiger partial charge in [0.25, 0.3) is 0 Å². The number of carbonyl (C=O) groups excluding carboxylic acids is 1. The van der Waals surface area contributed by atoms with Crippen LogP contribution in [0.25, 0.3) is 10.8 Å². The van der Waals surface area contributed by atoms with Gasteiger partial charge in [0.05, 0.1) is 0 Å². The summed E-state index contributed by atoms with van der Waals surface area (Å²) in [5.41, 5.74) is 2.58. The van der Waals surface area contributed by atoms with Gasteiger partial charge >= 0.3 is 0 Å². The highest BCUT2D eigenvalue weighted by Gasteiger charge is 2.54. The molecule has 90 valence electrons. The Bertz CT molecular complexity index is 665. The molecule has 2 aromatic rings. The first kappa shape index (κ1) is 10.3. The SMILES string of the molecule is C[C@]12CCc3cccc4cccc(c34)C(=O)C1C2. The summed E-state index contributed by atoms with van der Waals surface area (Å²) in [4.78, 5) is 12.6. The molecule has 4 rings (SSSR count). The Morgan fingerprint density at radius 2 is 1.94 bits per heavy atom. The predicted octanol–water partition coefficient (Wildman–Crippen LogP) is 3.99. The maximum atomic E-state index is 12.6. The summed E-state index contributed by atoms with van der Waals surface area (Å²) in [6, 6.07) is 12.6. The summed E-state index contributed by atoms with van der Waals surface area (Å²) >= 11 is 0. The van der Waals surface area contributed by atoms with Gasteiger partial charge in [-0.15, -0.1) is 0 Å². The van der Waals surface area contributed by atoms with Crippen LogP contribution in [0.1, 0.15) is 35.7 Å². The molecule has 0 aliphatic heterocycles. The Labute approximate surface area is 107 Å². The van der Waals surface area contributed by atoms with Crippen LogP contribution in [0.5, 0.6) is 0 Å². The third-order valence-electron chi connectivity index (χ3n) is 4.89. The van der Waals surface area contributed by atoms with Gasteiger partial charge in [0, 0.05) is 11.5 Å². The van der Waals surface area contributed by atoms with Crippen LogP contribution in [0.4, 0.5) is 0 Å². The van der Waals surface area contributed by atoms with Crippen LogP contribution in [0.15, 0.2) is 36.4 Å². The average Bonchev–Trinajstić information content (AvgIpc) is 3.06. The maximum Gasteiger partial charge on any atom is 0.167 e. The van der Waals surface area contributed by atoms with E-state index < -0.39 is 0 Å². The van der Waals surface area contributed by atoms with E-state index in [2.05, 4.69) is 31.2 Å². The van der Waals surface area contributed by atoms with E-state index in [-0.39, 0.29) is 11.3 Å². The van der Waals surface area contributed by atoms with Crippen molar-refractivity contribution in [2.24, 2.45) is 11.3 Å². The zero-order valence-electron chi connectivity index (χ0n) is 10.6. The molecule has 1 unspecified atom stereocenters. The van der Waals surface area contributed by atoms with E-state index in [0.717, 1.165) is 24.8 Å². The molecule has 0 aromatic heterocycles. The normalized spacial score (nSPS) is 29.6. The van der Waals surface area contributed by atoms with Gasteiger partial charge in [-0.05, 0) is 41.0 Å². The molecule has 2 aliphatic carbocycles. The number of aryl methyl sites for hydroxylation is 1. The lowest BCUT2D eigenvalue weighted by molar-refractivity contribution is 0.0950. The molecule has 2 aromatic carbocycles. The first-order valence-electron chi connectivity index (χ1n) is 6.74. The molecule has 18 heavy (non-hydrogen) atoms. The van der Waals surface area contributed by atoms with Gasteiger partial charge in [0.2, 0.25) is 0 Å². The first-order valence-corrected chi connectivity index (χ1v) is 6.74. The molecular weight excluding hydrogens is 220 g/mol. The lowest BCUT2D eigenvalue weighted by Gasteiger charge is -2.18. The molecule has 1 heteroatoms. The monoisotopic (exact) mass is 236 g/mol. The molecule has 0 spiro atoms. The number of Topliss-reactive ketones (excluding diaryl/α,β-unsaturated/α-hetero) is 1. The van der Waals surface area contributed by atoms with Crippen molar-refractivity contribution in [3.63, 3.8) is 0 Å². The lowest BCUT2D eigenvalue weighted by atomic mass is 9.85. The third kappa shape index (κ3) is 1.25. The summed E-state index contributed by atoms with van der Waals surface area (Å²) in [6.07, 6.45) is 3.34. The predicted molar refractivity (Wildman–Crippen MR) is 72.8 cm³/mol. The summed E-state index contributed by atoms with van der Waals surface area (Å²) in [5, 5.41) is 2.42. The molecule has 0 radical (unpaired) electrons. The second-order valence-corrected chi connectivity index (χ2v) is 6.10. The quantitative estimate of drug-likeness (QED) is 0.675. The van der Waals surface area contributed by atoms with Gasteiger partial charge in [0.15, 0.2) is 5.78 Å². The van der Waals surface area contributed by atoms with E-state index in [1.54, 1.807) is 0 Å². The zero-order valence-corrected chi connectivity index (χ0v) is 10.6. The fraction of sp³-hybridized carbons (Fsp3) is 0.353. The Balaban J connectivity index is 2.04. The minimum Gasteiger partial charge on any atom is -0.294 e. The van der Waals surface area contributed by atoms with Gasteiger partial charge in [-0.3, -0.25) is 4.79 Å². The number of hydrogen-bond donors (Lipinski definition) is 0. The number of ketones is 1. The smallest absolute Gasteiger partial charge is 0.167 e. The second kappa shape index (κ2) is 3.23. The van der Waals surface area contributed by atoms with Crippen molar-refractivity contribution in [3.05, 3.63) is 47.5 Å². The zero-order chi connectivity index (χ0) is 12.3. The van der Waals surface area contributed by atoms with E-state index in [1.807, 2.05) is 12.1 Å². The Hall–Kier alpha value is -1.63. The lowest BCUT2D eigenvalue weighted by Crippen LogP contribution is -2.13. The van der Waals surface area contributed by atoms with Crippen LogP contribution >= 0.6 is 0 Å². The number of carbonyl (C=O) groups is 1. The van der Waals surface area contributed by atoms with Crippen molar-refractivity contribution in [2.75, 3.05) is 0 Å². The highest BCUT2D eigenvalue weighted by atomic mass is 16.1. The summed E-state index contributed by atoms with van der Waals surface area (Å²) in [7, 11) is 0. The molecule has 0 heterocycles. The van der Waals surface area contributed by atoms with Crippen LogP contribution in [-0.2, 0) is 6.42 Å². The molecule has 0 saturated heterocycles. The van der Waals surface area contributed by atoms with Crippen molar-refractivity contribution < 1.29 is 4.79 Å². The average molecular weight is 236 g/mol. The van der Waals surface area contributed by atoms with Gasteiger partial charge in [-0.1, -0.05) is 43.3 Å². The number of hydrogen-bond acceptors (Lipinski definition) is 1. The summed E-state index contributed by atoms with van der Waals surface area (Å²) < 4.78 is 0. The van der Waals surface area contributed by atoms with Gasteiger partial charge in [-0.2, -0.15) is 0 Å². The van der Waals surface area contributed by atoms with Crippen LogP contribution in [0.3, 0.4) is 0 Å². The van der Waals surface area contributed by atoms with Crippen molar-refractivity contribution in [1.82, 2.24) is 0 Å². The largest absolute Gasteiger partial charge is 0.294 e. The minimum atomic E-state index is 0.271. The Kier molecular flexibility index (Phi) is 1.85. The highest BCUT2D eigenvalue weighted by Crippen LogP contribution is 2.58. The van der Waals surface area contributed by atoms with Crippen LogP contribution < -0.4 is 0 Å². The number of fused-ring (bicyclic) bond motifs is 1. The third-order valence-corrected chi connectivity index (χ3v) is 4.89. The van der Waals surface area contributed by atoms with E-state index >= 15 is 0 Å². The van der Waals surface area contributed by atoms with Gasteiger partial charge < -0.3 is 0 Å². The molecule has 1 nitrogen and oxygen atoms in total. The fourth-order valence-electron chi connectivity index (χ4n) is 3.53. The summed E-state index contributed by atoms with van der Waals surface area (Å²) in [5.74, 6) is 0.645. The topological polar surface area (TPSA) is 17.1 Å². The molecular formula is C17H16O. The Morgan fingerprint density at radius 3 is 2.78 bits per heavy atom. The number of rotatable bonds is 0. The van der Waals surface area contributed by atoms with E-state index in [9.17, 15) is 4.79 Å². The maximum absolute atomic E-state index is 12.6. The minimum absolute atomic E-state index is 0.271. The standard InChI is InChI=1S/C17H16O/c1-17-9-8-12-5-2-4-11-6-3-7-13(15(11)12)16(18)14(17)10-17/h2-7,14H,8-10H2,1H3/t14?,17-/m1/s1. The van der Waals surface area contributed by atoms with Gasteiger partial charge in [-0.25, -0.2) is 0 Å². The molecule has 0 bridgehead atoms. The summed E-state index contributed by atoms with van der Waals surface area (Å²) in [6.45, 7) is 2.27. The van der Waals surface area contributed by atoms with Crippen LogP contribution in [0.2, 0.25) is 0 Å². The molecule has 1 saturated carbocycles. The van der Waals surface area contributed by atoms with Crippen molar-refractivity contribution >= 4 is 16.6 Å². The number of benzene rings is 2. The fourth-order valence-corrected chi connectivity index (χ4v) is 3.53.